The third kappa shape index (κ3) is 5.48. The average molecular weight is 417 g/mol. The van der Waals surface area contributed by atoms with Gasteiger partial charge in [-0.15, -0.1) is 21.5 Å². The first-order chi connectivity index (χ1) is 14.0. The van der Waals surface area contributed by atoms with Gasteiger partial charge in [-0.05, 0) is 49.5 Å². The van der Waals surface area contributed by atoms with Crippen molar-refractivity contribution in [3.8, 4) is 10.8 Å². The highest BCUT2D eigenvalue weighted by Gasteiger charge is 2.21. The number of carbonyl (C=O) groups excluding carboxylic acids is 1. The Bertz CT molecular complexity index is 911. The van der Waals surface area contributed by atoms with Gasteiger partial charge in [0.2, 0.25) is 11.8 Å². The Kier molecular flexibility index (Phi) is 7.11. The first-order valence-corrected chi connectivity index (χ1v) is 10.5. The fraction of sp³-hybridized carbons (Fsp3) is 0.381. The van der Waals surface area contributed by atoms with Crippen LogP contribution in [0.3, 0.4) is 0 Å². The number of halogens is 1. The second kappa shape index (κ2) is 9.76. The van der Waals surface area contributed by atoms with Crippen molar-refractivity contribution in [1.29, 1.82) is 0 Å². The maximum Gasteiger partial charge on any atom is 0.257 e. The van der Waals surface area contributed by atoms with Crippen LogP contribution in [0.25, 0.3) is 10.8 Å². The average Bonchev–Trinajstić information content (AvgIpc) is 3.39. The van der Waals surface area contributed by atoms with Gasteiger partial charge in [0.1, 0.15) is 5.82 Å². The van der Waals surface area contributed by atoms with Crippen LogP contribution in [0, 0.1) is 5.82 Å². The van der Waals surface area contributed by atoms with E-state index in [0.29, 0.717) is 18.3 Å². The van der Waals surface area contributed by atoms with Crippen molar-refractivity contribution in [2.24, 2.45) is 0 Å². The molecule has 0 radical (unpaired) electrons. The highest BCUT2D eigenvalue weighted by atomic mass is 32.1. The van der Waals surface area contributed by atoms with Gasteiger partial charge in [-0.2, -0.15) is 0 Å². The van der Waals surface area contributed by atoms with Gasteiger partial charge in [-0.3, -0.25) is 9.69 Å². The lowest BCUT2D eigenvalue weighted by molar-refractivity contribution is -0.133. The van der Waals surface area contributed by atoms with E-state index in [1.54, 1.807) is 17.0 Å². The van der Waals surface area contributed by atoms with Crippen molar-refractivity contribution in [1.82, 2.24) is 20.0 Å². The van der Waals surface area contributed by atoms with Gasteiger partial charge in [0.15, 0.2) is 0 Å². The zero-order valence-electron chi connectivity index (χ0n) is 16.8. The van der Waals surface area contributed by atoms with Crippen molar-refractivity contribution < 1.29 is 13.6 Å². The lowest BCUT2D eigenvalue weighted by atomic mass is 10.1. The minimum atomic E-state index is -0.268. The predicted molar refractivity (Wildman–Crippen MR) is 111 cm³/mol. The molecule has 0 aliphatic rings. The molecule has 0 bridgehead atoms. The van der Waals surface area contributed by atoms with Crippen molar-refractivity contribution in [3.63, 3.8) is 0 Å². The van der Waals surface area contributed by atoms with E-state index in [1.165, 1.54) is 23.5 Å². The lowest BCUT2D eigenvalue weighted by Crippen LogP contribution is -2.40. The molecule has 0 N–H and O–H groups in total. The molecule has 29 heavy (non-hydrogen) atoms. The summed E-state index contributed by atoms with van der Waals surface area (Å²) in [7, 11) is 1.89. The number of hydrogen-bond acceptors (Lipinski definition) is 6. The van der Waals surface area contributed by atoms with Gasteiger partial charge in [0, 0.05) is 12.6 Å². The molecule has 0 spiro atoms. The zero-order chi connectivity index (χ0) is 20.8. The molecule has 1 unspecified atom stereocenters. The predicted octanol–water partition coefficient (Wildman–Crippen LogP) is 4.37. The second-order valence-electron chi connectivity index (χ2n) is 6.94. The number of nitrogens with zero attached hydrogens (tertiary/aromatic N) is 4. The molecule has 1 aromatic carbocycles. The molecular weight excluding hydrogens is 391 g/mol. The molecule has 0 aliphatic carbocycles. The smallest absolute Gasteiger partial charge is 0.257 e. The van der Waals surface area contributed by atoms with Crippen LogP contribution in [0.2, 0.25) is 0 Å². The molecule has 2 heterocycles. The molecule has 3 rings (SSSR count). The molecule has 8 heteroatoms. The van der Waals surface area contributed by atoms with Crippen LogP contribution in [-0.4, -0.2) is 46.0 Å². The summed E-state index contributed by atoms with van der Waals surface area (Å²) in [6.45, 7) is 5.15. The minimum absolute atomic E-state index is 0.0146. The van der Waals surface area contributed by atoms with Crippen LogP contribution in [0.4, 0.5) is 4.39 Å². The minimum Gasteiger partial charge on any atom is -0.418 e. The fourth-order valence-corrected chi connectivity index (χ4v) is 3.63. The van der Waals surface area contributed by atoms with Crippen LogP contribution in [0.5, 0.6) is 0 Å². The third-order valence-electron chi connectivity index (χ3n) is 4.77. The largest absolute Gasteiger partial charge is 0.418 e. The molecular formula is C21H25FN4O2S. The Morgan fingerprint density at radius 3 is 2.66 bits per heavy atom. The van der Waals surface area contributed by atoms with Crippen molar-refractivity contribution in [3.05, 3.63) is 59.0 Å². The maximum absolute atomic E-state index is 13.2. The van der Waals surface area contributed by atoms with E-state index in [9.17, 15) is 9.18 Å². The summed E-state index contributed by atoms with van der Waals surface area (Å²) in [5.41, 5.74) is 0.959. The lowest BCUT2D eigenvalue weighted by Gasteiger charge is -2.28. The van der Waals surface area contributed by atoms with Gasteiger partial charge in [-0.1, -0.05) is 25.1 Å². The number of thiophene rings is 1. The monoisotopic (exact) mass is 416 g/mol. The number of benzene rings is 1. The van der Waals surface area contributed by atoms with Crippen LogP contribution in [0.1, 0.15) is 37.8 Å². The van der Waals surface area contributed by atoms with Crippen LogP contribution < -0.4 is 0 Å². The maximum atomic E-state index is 13.2. The summed E-state index contributed by atoms with van der Waals surface area (Å²) >= 11 is 1.53. The first-order valence-electron chi connectivity index (χ1n) is 9.57. The second-order valence-corrected chi connectivity index (χ2v) is 7.88. The van der Waals surface area contributed by atoms with Gasteiger partial charge in [-0.25, -0.2) is 4.39 Å². The fourth-order valence-electron chi connectivity index (χ4n) is 2.99. The molecule has 0 saturated heterocycles. The summed E-state index contributed by atoms with van der Waals surface area (Å²) in [4.78, 5) is 17.5. The van der Waals surface area contributed by atoms with E-state index in [-0.39, 0.29) is 30.9 Å². The zero-order valence-corrected chi connectivity index (χ0v) is 17.7. The number of likely N-dealkylation sites (N-methyl/N-ethyl adjacent to an activating group) is 1. The number of carbonyl (C=O) groups is 1. The standard InChI is InChI=1S/C21H25FN4O2S/c1-4-11-26(13-19-23-24-21(28-19)18-6-5-12-29-18)20(27)14-25(3)15(2)16-7-9-17(22)10-8-16/h5-10,12,15H,4,11,13-14H2,1-3H3. The molecule has 0 fully saturated rings. The van der Waals surface area contributed by atoms with Crippen molar-refractivity contribution in [2.45, 2.75) is 32.9 Å². The van der Waals surface area contributed by atoms with Crippen LogP contribution in [0.15, 0.2) is 46.2 Å². The van der Waals surface area contributed by atoms with E-state index in [0.717, 1.165) is 16.9 Å². The topological polar surface area (TPSA) is 62.5 Å². The number of aromatic nitrogens is 2. The van der Waals surface area contributed by atoms with E-state index in [1.807, 2.05) is 43.3 Å². The SMILES string of the molecule is CCCN(Cc1nnc(-c2cccs2)o1)C(=O)CN(C)C(C)c1ccc(F)cc1. The Morgan fingerprint density at radius 2 is 2.00 bits per heavy atom. The summed E-state index contributed by atoms with van der Waals surface area (Å²) in [5.74, 6) is 0.611. The summed E-state index contributed by atoms with van der Waals surface area (Å²) < 4.78 is 18.9. The van der Waals surface area contributed by atoms with E-state index in [4.69, 9.17) is 4.42 Å². The third-order valence-corrected chi connectivity index (χ3v) is 5.63. The Hall–Kier alpha value is -2.58. The van der Waals surface area contributed by atoms with Crippen molar-refractivity contribution >= 4 is 17.2 Å². The van der Waals surface area contributed by atoms with Crippen LogP contribution in [-0.2, 0) is 11.3 Å². The molecule has 3 aromatic rings. The first kappa shape index (κ1) is 21.1. The number of hydrogen-bond donors (Lipinski definition) is 0. The van der Waals surface area contributed by atoms with E-state index < -0.39 is 0 Å². The molecule has 154 valence electrons. The summed E-state index contributed by atoms with van der Waals surface area (Å²) in [6.07, 6.45) is 0.828. The Balaban J connectivity index is 1.63. The highest BCUT2D eigenvalue weighted by Crippen LogP contribution is 2.23. The normalized spacial score (nSPS) is 12.3. The van der Waals surface area contributed by atoms with Gasteiger partial charge < -0.3 is 9.32 Å². The molecule has 1 atom stereocenters. The Labute approximate surface area is 174 Å². The summed E-state index contributed by atoms with van der Waals surface area (Å²) in [6, 6.07) is 10.2. The van der Waals surface area contributed by atoms with Gasteiger partial charge >= 0.3 is 0 Å². The molecule has 6 nitrogen and oxygen atoms in total. The Morgan fingerprint density at radius 1 is 1.24 bits per heavy atom. The number of rotatable bonds is 9. The van der Waals surface area contributed by atoms with E-state index >= 15 is 0 Å². The quantitative estimate of drug-likeness (QED) is 0.518. The molecule has 1 amide bonds. The summed E-state index contributed by atoms with van der Waals surface area (Å²) in [5, 5.41) is 10.1. The number of amides is 1. The van der Waals surface area contributed by atoms with Crippen molar-refractivity contribution in [2.75, 3.05) is 20.1 Å². The molecule has 2 aromatic heterocycles. The molecule has 0 aliphatic heterocycles. The highest BCUT2D eigenvalue weighted by molar-refractivity contribution is 7.13. The van der Waals surface area contributed by atoms with Gasteiger partial charge in [0.05, 0.1) is 18.0 Å². The molecule has 0 saturated carbocycles. The van der Waals surface area contributed by atoms with Crippen LogP contribution >= 0.6 is 11.3 Å². The van der Waals surface area contributed by atoms with E-state index in [2.05, 4.69) is 10.2 Å². The van der Waals surface area contributed by atoms with Gasteiger partial charge in [0.25, 0.3) is 5.89 Å².